The fourth-order valence-corrected chi connectivity index (χ4v) is 2.18. The van der Waals surface area contributed by atoms with E-state index in [4.69, 9.17) is 12.2 Å². The average Bonchev–Trinajstić information content (AvgIpc) is 2.34. The number of hydrogen-bond acceptors (Lipinski definition) is 3. The van der Waals surface area contributed by atoms with Crippen LogP contribution in [0.25, 0.3) is 0 Å². The van der Waals surface area contributed by atoms with Gasteiger partial charge >= 0.3 is 0 Å². The lowest BCUT2D eigenvalue weighted by atomic mass is 10.2. The molecule has 0 bridgehead atoms. The number of amides is 1. The van der Waals surface area contributed by atoms with E-state index < -0.39 is 0 Å². The molecule has 1 aromatic carbocycles. The first-order chi connectivity index (χ1) is 8.99. The van der Waals surface area contributed by atoms with Gasteiger partial charge in [-0.3, -0.25) is 10.1 Å². The van der Waals surface area contributed by atoms with Gasteiger partial charge in [0.25, 0.3) is 5.91 Å². The van der Waals surface area contributed by atoms with Crippen molar-refractivity contribution in [3.05, 3.63) is 33.4 Å². The highest BCUT2D eigenvalue weighted by Crippen LogP contribution is 2.07. The summed E-state index contributed by atoms with van der Waals surface area (Å²) in [6.07, 6.45) is 0.978. The Morgan fingerprint density at radius 2 is 2.16 bits per heavy atom. The van der Waals surface area contributed by atoms with Crippen molar-refractivity contribution < 1.29 is 4.79 Å². The number of carbonyl (C=O) groups is 1. The highest BCUT2D eigenvalue weighted by molar-refractivity contribution is 14.1. The van der Waals surface area contributed by atoms with E-state index in [1.54, 1.807) is 6.07 Å². The summed E-state index contributed by atoms with van der Waals surface area (Å²) in [6, 6.07) is 7.39. The van der Waals surface area contributed by atoms with Crippen LogP contribution in [0, 0.1) is 3.57 Å². The van der Waals surface area contributed by atoms with Gasteiger partial charge in [-0.2, -0.15) is 0 Å². The molecular weight excluding hydrogens is 373 g/mol. The summed E-state index contributed by atoms with van der Waals surface area (Å²) < 4.78 is 1.02. The molecule has 0 spiro atoms. The number of nitrogens with one attached hydrogen (secondary N) is 2. The zero-order valence-electron chi connectivity index (χ0n) is 11.1. The molecule has 0 saturated heterocycles. The third-order valence-corrected chi connectivity index (χ3v) is 3.30. The van der Waals surface area contributed by atoms with E-state index in [0.29, 0.717) is 10.7 Å². The quantitative estimate of drug-likeness (QED) is 0.457. The maximum Gasteiger partial charge on any atom is 0.257 e. The second kappa shape index (κ2) is 8.44. The van der Waals surface area contributed by atoms with Gasteiger partial charge < -0.3 is 10.2 Å². The fraction of sp³-hybridized carbons (Fsp3) is 0.385. The molecule has 0 fully saturated rings. The van der Waals surface area contributed by atoms with Gasteiger partial charge in [-0.05, 0) is 80.1 Å². The van der Waals surface area contributed by atoms with Crippen LogP contribution in [0.1, 0.15) is 16.8 Å². The first kappa shape index (κ1) is 16.3. The van der Waals surface area contributed by atoms with Gasteiger partial charge in [-0.25, -0.2) is 0 Å². The summed E-state index contributed by atoms with van der Waals surface area (Å²) in [5.74, 6) is -0.177. The van der Waals surface area contributed by atoms with E-state index in [1.165, 1.54) is 0 Å². The molecule has 0 heterocycles. The summed E-state index contributed by atoms with van der Waals surface area (Å²) in [6.45, 7) is 1.74. The molecule has 1 rings (SSSR count). The zero-order chi connectivity index (χ0) is 14.3. The molecule has 104 valence electrons. The van der Waals surface area contributed by atoms with Crippen LogP contribution in [0.2, 0.25) is 0 Å². The zero-order valence-corrected chi connectivity index (χ0v) is 14.0. The molecule has 0 radical (unpaired) electrons. The van der Waals surface area contributed by atoms with Crippen molar-refractivity contribution in [1.82, 2.24) is 15.5 Å². The predicted octanol–water partition coefficient (Wildman–Crippen LogP) is 1.85. The molecule has 4 nitrogen and oxygen atoms in total. The highest BCUT2D eigenvalue weighted by Gasteiger charge is 2.07. The monoisotopic (exact) mass is 391 g/mol. The second-order valence-electron chi connectivity index (χ2n) is 4.38. The second-order valence-corrected chi connectivity index (χ2v) is 6.03. The van der Waals surface area contributed by atoms with E-state index in [1.807, 2.05) is 32.3 Å². The summed E-state index contributed by atoms with van der Waals surface area (Å²) in [5, 5.41) is 6.08. The van der Waals surface area contributed by atoms with Crippen molar-refractivity contribution >= 4 is 45.8 Å². The summed E-state index contributed by atoms with van der Waals surface area (Å²) in [7, 11) is 4.05. The molecule has 0 unspecified atom stereocenters. The molecule has 0 aromatic heterocycles. The van der Waals surface area contributed by atoms with E-state index in [2.05, 4.69) is 38.1 Å². The van der Waals surface area contributed by atoms with Gasteiger partial charge in [-0.15, -0.1) is 0 Å². The van der Waals surface area contributed by atoms with E-state index in [9.17, 15) is 4.79 Å². The van der Waals surface area contributed by atoms with E-state index in [0.717, 1.165) is 23.1 Å². The van der Waals surface area contributed by atoms with Gasteiger partial charge in [0.2, 0.25) is 0 Å². The molecular formula is C13H18IN3OS. The molecule has 1 aromatic rings. The summed E-state index contributed by atoms with van der Waals surface area (Å²) in [4.78, 5) is 14.0. The number of halogens is 1. The lowest BCUT2D eigenvalue weighted by molar-refractivity contribution is 0.0976. The van der Waals surface area contributed by atoms with Gasteiger partial charge in [0.05, 0.1) is 0 Å². The molecule has 0 saturated carbocycles. The van der Waals surface area contributed by atoms with Crippen LogP contribution in [0.3, 0.4) is 0 Å². The Bertz CT molecular complexity index is 451. The van der Waals surface area contributed by atoms with Crippen LogP contribution in [0.15, 0.2) is 24.3 Å². The fourth-order valence-electron chi connectivity index (χ4n) is 1.45. The topological polar surface area (TPSA) is 44.4 Å². The Balaban J connectivity index is 2.34. The smallest absolute Gasteiger partial charge is 0.257 e. The third kappa shape index (κ3) is 6.84. The summed E-state index contributed by atoms with van der Waals surface area (Å²) >= 11 is 7.26. The van der Waals surface area contributed by atoms with Crippen LogP contribution in [0.5, 0.6) is 0 Å². The normalized spacial score (nSPS) is 10.3. The van der Waals surface area contributed by atoms with Crippen LogP contribution in [0.4, 0.5) is 0 Å². The number of rotatable bonds is 5. The van der Waals surface area contributed by atoms with Gasteiger partial charge in [0, 0.05) is 15.7 Å². The lowest BCUT2D eigenvalue weighted by Gasteiger charge is -2.12. The van der Waals surface area contributed by atoms with Gasteiger partial charge in [-0.1, -0.05) is 6.07 Å². The van der Waals surface area contributed by atoms with Crippen LogP contribution >= 0.6 is 34.8 Å². The van der Waals surface area contributed by atoms with Crippen molar-refractivity contribution in [2.45, 2.75) is 6.42 Å². The van der Waals surface area contributed by atoms with Crippen LogP contribution in [-0.4, -0.2) is 43.1 Å². The Kier molecular flexibility index (Phi) is 7.25. The Morgan fingerprint density at radius 3 is 2.79 bits per heavy atom. The number of hydrogen-bond donors (Lipinski definition) is 2. The standard InChI is InChI=1S/C13H18IN3OS/c1-17(2)8-4-7-15-13(19)16-12(18)10-5-3-6-11(14)9-10/h3,5-6,9H,4,7-8H2,1-2H3,(H2,15,16,18,19). The average molecular weight is 391 g/mol. The summed E-state index contributed by atoms with van der Waals surface area (Å²) in [5.41, 5.74) is 0.615. The molecule has 2 N–H and O–H groups in total. The van der Waals surface area contributed by atoms with Crippen molar-refractivity contribution in [3.63, 3.8) is 0 Å². The molecule has 0 aliphatic heterocycles. The Hall–Kier alpha value is -0.730. The lowest BCUT2D eigenvalue weighted by Crippen LogP contribution is -2.40. The minimum Gasteiger partial charge on any atom is -0.362 e. The van der Waals surface area contributed by atoms with Crippen LogP contribution in [-0.2, 0) is 0 Å². The number of benzene rings is 1. The SMILES string of the molecule is CN(C)CCCNC(=S)NC(=O)c1cccc(I)c1. The predicted molar refractivity (Wildman–Crippen MR) is 90.4 cm³/mol. The van der Waals surface area contributed by atoms with Crippen LogP contribution < -0.4 is 10.6 Å². The number of carbonyl (C=O) groups excluding carboxylic acids is 1. The first-order valence-electron chi connectivity index (χ1n) is 5.98. The Morgan fingerprint density at radius 1 is 1.42 bits per heavy atom. The highest BCUT2D eigenvalue weighted by atomic mass is 127. The first-order valence-corrected chi connectivity index (χ1v) is 7.47. The third-order valence-electron chi connectivity index (χ3n) is 2.38. The van der Waals surface area contributed by atoms with Crippen molar-refractivity contribution in [2.24, 2.45) is 0 Å². The van der Waals surface area contributed by atoms with Crippen molar-refractivity contribution in [1.29, 1.82) is 0 Å². The van der Waals surface area contributed by atoms with Crippen molar-refractivity contribution in [3.8, 4) is 0 Å². The van der Waals surface area contributed by atoms with Crippen molar-refractivity contribution in [2.75, 3.05) is 27.2 Å². The van der Waals surface area contributed by atoms with Gasteiger partial charge in [0.15, 0.2) is 5.11 Å². The van der Waals surface area contributed by atoms with Gasteiger partial charge in [0.1, 0.15) is 0 Å². The van der Waals surface area contributed by atoms with E-state index in [-0.39, 0.29) is 5.91 Å². The minimum atomic E-state index is -0.177. The maximum absolute atomic E-state index is 11.9. The minimum absolute atomic E-state index is 0.177. The molecule has 19 heavy (non-hydrogen) atoms. The molecule has 0 aliphatic rings. The molecule has 6 heteroatoms. The molecule has 1 amide bonds. The Labute approximate surface area is 133 Å². The molecule has 0 atom stereocenters. The maximum atomic E-state index is 11.9. The number of nitrogens with zero attached hydrogens (tertiary/aromatic N) is 1. The molecule has 0 aliphatic carbocycles. The largest absolute Gasteiger partial charge is 0.362 e. The number of thiocarbonyl (C=S) groups is 1. The van der Waals surface area contributed by atoms with E-state index >= 15 is 0 Å².